The number of fused-ring (bicyclic) bond motifs is 3. The number of hydrogen-bond acceptors (Lipinski definition) is 3. The van der Waals surface area contributed by atoms with Crippen molar-refractivity contribution in [2.75, 3.05) is 0 Å². The fourth-order valence-corrected chi connectivity index (χ4v) is 12.3. The minimum absolute atomic E-state index is 0.563. The summed E-state index contributed by atoms with van der Waals surface area (Å²) in [6.07, 6.45) is 0. The van der Waals surface area contributed by atoms with Crippen LogP contribution in [0.4, 0.5) is 0 Å². The molecule has 15 rings (SSSR count). The van der Waals surface area contributed by atoms with E-state index in [0.717, 1.165) is 133 Å². The van der Waals surface area contributed by atoms with Gasteiger partial charge in [0.15, 0.2) is 17.5 Å². The maximum absolute atomic E-state index is 5.53. The lowest BCUT2D eigenvalue weighted by molar-refractivity contribution is 1.07. The SMILES string of the molecule is c1ccc(-c2ccc(-c3nc(-c4cccc(-c5ccccc5)c4)nc(-c4cc(-c5ccccc5)c(-n5c6c(-c7ccccc7)c(-c7ccccc7)ccc6c6ccc(-c7ccccc7)c(-c7ccccc7)c65)c(-c5ccccc5)c4)n3)cc2)cc1. The van der Waals surface area contributed by atoms with Crippen molar-refractivity contribution in [2.24, 2.45) is 0 Å². The zero-order valence-electron chi connectivity index (χ0n) is 46.5. The van der Waals surface area contributed by atoms with E-state index in [1.807, 2.05) is 6.07 Å². The van der Waals surface area contributed by atoms with Gasteiger partial charge in [0.2, 0.25) is 0 Å². The molecule has 0 bridgehead atoms. The van der Waals surface area contributed by atoms with E-state index in [1.54, 1.807) is 0 Å². The Morgan fingerprint density at radius 3 is 0.894 bits per heavy atom. The van der Waals surface area contributed by atoms with Gasteiger partial charge >= 0.3 is 0 Å². The molecular formula is C81H54N4. The first-order valence-electron chi connectivity index (χ1n) is 28.9. The minimum Gasteiger partial charge on any atom is -0.307 e. The second-order valence-electron chi connectivity index (χ2n) is 21.4. The van der Waals surface area contributed by atoms with Crippen molar-refractivity contribution in [1.82, 2.24) is 19.5 Å². The molecule has 0 radical (unpaired) electrons. The number of benzene rings is 13. The summed E-state index contributed by atoms with van der Waals surface area (Å²) in [6, 6.07) is 117. The van der Waals surface area contributed by atoms with E-state index in [0.29, 0.717) is 17.5 Å². The third-order valence-electron chi connectivity index (χ3n) is 16.3. The highest BCUT2D eigenvalue weighted by Gasteiger charge is 2.29. The van der Waals surface area contributed by atoms with Crippen molar-refractivity contribution in [2.45, 2.75) is 0 Å². The molecule has 2 aromatic heterocycles. The largest absolute Gasteiger partial charge is 0.307 e. The van der Waals surface area contributed by atoms with Gasteiger partial charge < -0.3 is 4.57 Å². The van der Waals surface area contributed by atoms with Crippen molar-refractivity contribution >= 4 is 21.8 Å². The molecule has 0 aliphatic heterocycles. The summed E-state index contributed by atoms with van der Waals surface area (Å²) < 4.78 is 2.62. The number of hydrogen-bond donors (Lipinski definition) is 0. The van der Waals surface area contributed by atoms with E-state index < -0.39 is 0 Å². The minimum atomic E-state index is 0.563. The topological polar surface area (TPSA) is 43.6 Å². The highest BCUT2D eigenvalue weighted by Crippen LogP contribution is 2.51. The average molecular weight is 1080 g/mol. The summed E-state index contributed by atoms with van der Waals surface area (Å²) in [5.41, 5.74) is 23.6. The summed E-state index contributed by atoms with van der Waals surface area (Å²) in [6.45, 7) is 0. The molecule has 398 valence electrons. The second-order valence-corrected chi connectivity index (χ2v) is 21.4. The van der Waals surface area contributed by atoms with E-state index in [-0.39, 0.29) is 0 Å². The van der Waals surface area contributed by atoms with Crippen molar-refractivity contribution in [1.29, 1.82) is 0 Å². The van der Waals surface area contributed by atoms with E-state index >= 15 is 0 Å². The van der Waals surface area contributed by atoms with Gasteiger partial charge in [0, 0.05) is 49.7 Å². The monoisotopic (exact) mass is 1080 g/mol. The molecule has 0 amide bonds. The molecule has 0 saturated heterocycles. The highest BCUT2D eigenvalue weighted by atomic mass is 15.0. The smallest absolute Gasteiger partial charge is 0.164 e. The van der Waals surface area contributed by atoms with Crippen LogP contribution in [-0.2, 0) is 0 Å². The third-order valence-corrected chi connectivity index (χ3v) is 16.3. The maximum Gasteiger partial charge on any atom is 0.164 e. The lowest BCUT2D eigenvalue weighted by Crippen LogP contribution is -2.05. The van der Waals surface area contributed by atoms with Crippen LogP contribution in [-0.4, -0.2) is 19.5 Å². The fourth-order valence-electron chi connectivity index (χ4n) is 12.3. The van der Waals surface area contributed by atoms with Gasteiger partial charge in [-0.05, 0) is 85.0 Å². The molecule has 15 aromatic rings. The van der Waals surface area contributed by atoms with Crippen LogP contribution in [0.15, 0.2) is 328 Å². The standard InChI is InChI=1S/C81H54N4/c1-9-26-55(27-10-1)57-44-46-64(47-45-57)79-82-80(66-43-25-42-65(52-66)56-28-11-2-12-29-56)84-81(83-79)67-53-72(60-34-17-5-18-35-60)76(73(54-67)61-36-19-6-20-37-61)85-77-70(50-48-68(58-30-13-3-14-31-58)74(77)62-38-21-7-22-39-62)71-51-49-69(59-32-15-4-16-33-59)75(78(71)85)63-40-23-8-24-41-63/h1-54H. The summed E-state index contributed by atoms with van der Waals surface area (Å²) in [7, 11) is 0. The van der Waals surface area contributed by atoms with Crippen LogP contribution in [0.3, 0.4) is 0 Å². The molecule has 0 unspecified atom stereocenters. The van der Waals surface area contributed by atoms with Gasteiger partial charge in [0.05, 0.1) is 16.7 Å². The van der Waals surface area contributed by atoms with Crippen LogP contribution in [0, 0.1) is 0 Å². The molecule has 4 nitrogen and oxygen atoms in total. The van der Waals surface area contributed by atoms with Crippen molar-refractivity contribution in [3.8, 4) is 129 Å². The van der Waals surface area contributed by atoms with E-state index in [2.05, 4.69) is 326 Å². The first-order chi connectivity index (χ1) is 42.2. The molecule has 0 spiro atoms. The van der Waals surface area contributed by atoms with Gasteiger partial charge in [-0.2, -0.15) is 0 Å². The van der Waals surface area contributed by atoms with E-state index in [4.69, 9.17) is 15.0 Å². The molecule has 0 saturated carbocycles. The quantitative estimate of drug-likeness (QED) is 0.122. The molecule has 0 aliphatic carbocycles. The van der Waals surface area contributed by atoms with Gasteiger partial charge in [-0.15, -0.1) is 0 Å². The first-order valence-corrected chi connectivity index (χ1v) is 28.9. The van der Waals surface area contributed by atoms with Crippen LogP contribution in [0.25, 0.3) is 151 Å². The van der Waals surface area contributed by atoms with Crippen molar-refractivity contribution in [3.63, 3.8) is 0 Å². The number of nitrogens with zero attached hydrogens (tertiary/aromatic N) is 4. The van der Waals surface area contributed by atoms with Gasteiger partial charge in [0.25, 0.3) is 0 Å². The lowest BCUT2D eigenvalue weighted by Gasteiger charge is -2.24. The van der Waals surface area contributed by atoms with Gasteiger partial charge in [-0.1, -0.05) is 309 Å². The Labute approximate surface area is 495 Å². The van der Waals surface area contributed by atoms with Crippen molar-refractivity contribution < 1.29 is 0 Å². The molecular weight excluding hydrogens is 1030 g/mol. The Balaban J connectivity index is 1.09. The Kier molecular flexibility index (Phi) is 13.2. The fraction of sp³-hybridized carbons (Fsp3) is 0. The summed E-state index contributed by atoms with van der Waals surface area (Å²) in [4.78, 5) is 16.4. The normalized spacial score (nSPS) is 11.3. The Morgan fingerprint density at radius 1 is 0.188 bits per heavy atom. The maximum atomic E-state index is 5.53. The van der Waals surface area contributed by atoms with Gasteiger partial charge in [0.1, 0.15) is 0 Å². The van der Waals surface area contributed by atoms with E-state index in [9.17, 15) is 0 Å². The Morgan fingerprint density at radius 2 is 0.482 bits per heavy atom. The molecule has 13 aromatic carbocycles. The van der Waals surface area contributed by atoms with Gasteiger partial charge in [-0.3, -0.25) is 0 Å². The highest BCUT2D eigenvalue weighted by molar-refractivity contribution is 6.22. The molecule has 0 atom stereocenters. The van der Waals surface area contributed by atoms with Crippen LogP contribution < -0.4 is 0 Å². The Hall–Kier alpha value is -11.3. The molecule has 0 N–H and O–H groups in total. The zero-order valence-corrected chi connectivity index (χ0v) is 46.5. The number of rotatable bonds is 12. The van der Waals surface area contributed by atoms with Crippen LogP contribution >= 0.6 is 0 Å². The van der Waals surface area contributed by atoms with Crippen LogP contribution in [0.1, 0.15) is 0 Å². The molecule has 2 heterocycles. The lowest BCUT2D eigenvalue weighted by atomic mass is 9.90. The molecule has 4 heteroatoms. The Bertz CT molecular complexity index is 4660. The summed E-state index contributed by atoms with van der Waals surface area (Å²) in [5.74, 6) is 1.73. The predicted octanol–water partition coefficient (Wildman–Crippen LogP) is 21.3. The summed E-state index contributed by atoms with van der Waals surface area (Å²) >= 11 is 0. The molecule has 85 heavy (non-hydrogen) atoms. The molecule has 0 fully saturated rings. The zero-order chi connectivity index (χ0) is 56.5. The van der Waals surface area contributed by atoms with Gasteiger partial charge in [-0.25, -0.2) is 15.0 Å². The average Bonchev–Trinajstić information content (AvgIpc) is 1.79. The van der Waals surface area contributed by atoms with E-state index in [1.165, 1.54) is 0 Å². The number of aromatic nitrogens is 4. The van der Waals surface area contributed by atoms with Crippen LogP contribution in [0.2, 0.25) is 0 Å². The first kappa shape index (κ1) is 50.6. The molecule has 0 aliphatic rings. The predicted molar refractivity (Wildman–Crippen MR) is 354 cm³/mol. The summed E-state index contributed by atoms with van der Waals surface area (Å²) in [5, 5.41) is 2.30. The van der Waals surface area contributed by atoms with Crippen molar-refractivity contribution in [3.05, 3.63) is 328 Å². The second kappa shape index (κ2) is 22.2. The van der Waals surface area contributed by atoms with Crippen LogP contribution in [0.5, 0.6) is 0 Å². The third kappa shape index (κ3) is 9.58.